The molecule has 7 heteroatoms. The Morgan fingerprint density at radius 1 is 1.20 bits per heavy atom. The summed E-state index contributed by atoms with van der Waals surface area (Å²) in [7, 11) is 0. The topological polar surface area (TPSA) is 71.9 Å². The van der Waals surface area contributed by atoms with E-state index in [0.717, 1.165) is 53.6 Å². The van der Waals surface area contributed by atoms with Crippen molar-refractivity contribution >= 4 is 29.1 Å². The van der Waals surface area contributed by atoms with Gasteiger partial charge in [-0.3, -0.25) is 0 Å². The van der Waals surface area contributed by atoms with Gasteiger partial charge in [-0.05, 0) is 68.5 Å². The Bertz CT molecular complexity index is 1180. The van der Waals surface area contributed by atoms with Crippen molar-refractivity contribution in [3.05, 3.63) is 69.7 Å². The van der Waals surface area contributed by atoms with E-state index in [4.69, 9.17) is 9.47 Å². The number of aliphatic carboxylic acids is 1. The molecule has 1 aromatic heterocycles. The molecule has 5 rings (SSSR count). The molecule has 2 aromatic carbocycles. The van der Waals surface area contributed by atoms with Crippen LogP contribution >= 0.6 is 11.3 Å². The molecule has 1 N–H and O–H groups in total. The highest BCUT2D eigenvalue weighted by Crippen LogP contribution is 2.36. The van der Waals surface area contributed by atoms with Gasteiger partial charge in [-0.15, -0.1) is 11.3 Å². The first-order chi connectivity index (χ1) is 17.1. The predicted molar refractivity (Wildman–Crippen MR) is 141 cm³/mol. The highest BCUT2D eigenvalue weighted by molar-refractivity contribution is 7.09. The second-order valence-electron chi connectivity index (χ2n) is 8.53. The maximum Gasteiger partial charge on any atom is 0.331 e. The number of ether oxygens (including phenoxy) is 2. The SMILES string of the molecule is C1CCOC1.CCOc1ccccc1-c1ccc2c(c1)C=C(C(=O)O)CCN2Cc1scnc1C. The van der Waals surface area contributed by atoms with Crippen LogP contribution < -0.4 is 9.64 Å². The van der Waals surface area contributed by atoms with Crippen molar-refractivity contribution in [2.24, 2.45) is 0 Å². The number of aryl methyl sites for hydroxylation is 1. The number of anilines is 1. The number of carbonyl (C=O) groups is 1. The summed E-state index contributed by atoms with van der Waals surface area (Å²) in [6.45, 7) is 7.94. The highest BCUT2D eigenvalue weighted by Gasteiger charge is 2.21. The summed E-state index contributed by atoms with van der Waals surface area (Å²) in [5.74, 6) is -0.0370. The van der Waals surface area contributed by atoms with Gasteiger partial charge in [-0.1, -0.05) is 24.3 Å². The molecule has 1 saturated heterocycles. The fourth-order valence-electron chi connectivity index (χ4n) is 4.24. The molecule has 0 bridgehead atoms. The molecule has 0 unspecified atom stereocenters. The molecular weight excluding hydrogens is 460 g/mol. The molecule has 2 aliphatic rings. The van der Waals surface area contributed by atoms with Crippen LogP contribution in [0.2, 0.25) is 0 Å². The maximum atomic E-state index is 11.8. The first-order valence-corrected chi connectivity index (χ1v) is 13.0. The van der Waals surface area contributed by atoms with Crippen molar-refractivity contribution < 1.29 is 19.4 Å². The molecule has 0 spiro atoms. The van der Waals surface area contributed by atoms with E-state index in [0.29, 0.717) is 25.1 Å². The van der Waals surface area contributed by atoms with Gasteiger partial charge >= 0.3 is 5.97 Å². The second-order valence-corrected chi connectivity index (χ2v) is 9.47. The lowest BCUT2D eigenvalue weighted by Gasteiger charge is -2.25. The Labute approximate surface area is 210 Å². The van der Waals surface area contributed by atoms with Gasteiger partial charge in [0, 0.05) is 41.5 Å². The minimum Gasteiger partial charge on any atom is -0.493 e. The molecule has 1 fully saturated rings. The van der Waals surface area contributed by atoms with Gasteiger partial charge in [0.05, 0.1) is 24.4 Å². The third-order valence-corrected chi connectivity index (χ3v) is 7.05. The standard InChI is InChI=1S/C24H24N2O3S.C4H8O/c1-3-29-22-7-5-4-6-20(22)17-8-9-21-19(12-17)13-18(24(27)28)10-11-26(21)14-23-16(2)25-15-30-23;1-2-4-5-3-1/h4-9,12-13,15H,3,10-11,14H2,1-2H3,(H,27,28);1-4H2. The van der Waals surface area contributed by atoms with Gasteiger partial charge in [0.2, 0.25) is 0 Å². The number of benzene rings is 2. The minimum absolute atomic E-state index is 0.426. The summed E-state index contributed by atoms with van der Waals surface area (Å²) < 4.78 is 10.7. The van der Waals surface area contributed by atoms with Crippen LogP contribution in [0.25, 0.3) is 17.2 Å². The largest absolute Gasteiger partial charge is 0.493 e. The van der Waals surface area contributed by atoms with E-state index in [1.54, 1.807) is 11.3 Å². The number of rotatable bonds is 6. The Hall–Kier alpha value is -3.16. The average molecular weight is 493 g/mol. The molecule has 184 valence electrons. The van der Waals surface area contributed by atoms with E-state index in [-0.39, 0.29) is 0 Å². The number of carboxylic acids is 1. The van der Waals surface area contributed by atoms with Crippen molar-refractivity contribution in [3.8, 4) is 16.9 Å². The summed E-state index contributed by atoms with van der Waals surface area (Å²) in [6, 6.07) is 14.2. The molecule has 0 radical (unpaired) electrons. The van der Waals surface area contributed by atoms with Gasteiger partial charge in [-0.25, -0.2) is 9.78 Å². The number of para-hydroxylation sites is 1. The summed E-state index contributed by atoms with van der Waals surface area (Å²) >= 11 is 1.64. The Balaban J connectivity index is 0.000000514. The zero-order chi connectivity index (χ0) is 24.6. The van der Waals surface area contributed by atoms with Crippen LogP contribution in [0.3, 0.4) is 0 Å². The third-order valence-electron chi connectivity index (χ3n) is 6.13. The number of thiazole rings is 1. The van der Waals surface area contributed by atoms with Crippen molar-refractivity contribution in [1.29, 1.82) is 0 Å². The van der Waals surface area contributed by atoms with Crippen molar-refractivity contribution in [2.75, 3.05) is 31.3 Å². The highest BCUT2D eigenvalue weighted by atomic mass is 32.1. The van der Waals surface area contributed by atoms with Gasteiger partial charge in [0.25, 0.3) is 0 Å². The van der Waals surface area contributed by atoms with E-state index in [1.165, 1.54) is 17.7 Å². The van der Waals surface area contributed by atoms with Crippen LogP contribution in [-0.4, -0.2) is 42.4 Å². The zero-order valence-electron chi connectivity index (χ0n) is 20.3. The number of fused-ring (bicyclic) bond motifs is 1. The van der Waals surface area contributed by atoms with Crippen LogP contribution in [0.1, 0.15) is 42.3 Å². The lowest BCUT2D eigenvalue weighted by Crippen LogP contribution is -2.24. The van der Waals surface area contributed by atoms with Gasteiger partial charge in [0.1, 0.15) is 5.75 Å². The Morgan fingerprint density at radius 2 is 2.00 bits per heavy atom. The predicted octanol–water partition coefficient (Wildman–Crippen LogP) is 6.19. The lowest BCUT2D eigenvalue weighted by atomic mass is 9.99. The zero-order valence-corrected chi connectivity index (χ0v) is 21.1. The number of aromatic nitrogens is 1. The summed E-state index contributed by atoms with van der Waals surface area (Å²) in [6.07, 6.45) is 4.86. The second kappa shape index (κ2) is 12.0. The van der Waals surface area contributed by atoms with Gasteiger partial charge in [-0.2, -0.15) is 0 Å². The molecular formula is C28H32N2O4S. The van der Waals surface area contributed by atoms with Crippen LogP contribution in [-0.2, 0) is 16.1 Å². The summed E-state index contributed by atoms with van der Waals surface area (Å²) in [5.41, 5.74) is 7.27. The van der Waals surface area contributed by atoms with Crippen molar-refractivity contribution in [2.45, 2.75) is 39.7 Å². The van der Waals surface area contributed by atoms with Crippen molar-refractivity contribution in [1.82, 2.24) is 4.98 Å². The number of hydrogen-bond donors (Lipinski definition) is 1. The van der Waals surface area contributed by atoms with Gasteiger partial charge in [0.15, 0.2) is 0 Å². The van der Waals surface area contributed by atoms with Crippen LogP contribution in [0.5, 0.6) is 5.75 Å². The van der Waals surface area contributed by atoms with Crippen LogP contribution in [0.15, 0.2) is 53.5 Å². The monoisotopic (exact) mass is 492 g/mol. The Morgan fingerprint density at radius 3 is 2.66 bits per heavy atom. The molecule has 0 aliphatic carbocycles. The minimum atomic E-state index is -0.864. The molecule has 2 aliphatic heterocycles. The molecule has 0 atom stereocenters. The van der Waals surface area contributed by atoms with Gasteiger partial charge < -0.3 is 19.5 Å². The fourth-order valence-corrected chi connectivity index (χ4v) is 5.03. The Kier molecular flexibility index (Phi) is 8.55. The lowest BCUT2D eigenvalue weighted by molar-refractivity contribution is -0.132. The average Bonchev–Trinajstić information content (AvgIpc) is 3.53. The first kappa shape index (κ1) is 24.9. The quantitative estimate of drug-likeness (QED) is 0.442. The van der Waals surface area contributed by atoms with E-state index < -0.39 is 5.97 Å². The molecule has 35 heavy (non-hydrogen) atoms. The normalized spacial score (nSPS) is 14.9. The third kappa shape index (κ3) is 6.29. The molecule has 3 aromatic rings. The van der Waals surface area contributed by atoms with E-state index in [9.17, 15) is 9.90 Å². The first-order valence-electron chi connectivity index (χ1n) is 12.1. The van der Waals surface area contributed by atoms with Crippen LogP contribution in [0.4, 0.5) is 5.69 Å². The number of hydrogen-bond acceptors (Lipinski definition) is 6. The number of carboxylic acid groups (broad SMARTS) is 1. The van der Waals surface area contributed by atoms with E-state index in [2.05, 4.69) is 28.1 Å². The number of nitrogens with zero attached hydrogens (tertiary/aromatic N) is 2. The summed E-state index contributed by atoms with van der Waals surface area (Å²) in [5, 5.41) is 9.66. The van der Waals surface area contributed by atoms with Crippen LogP contribution in [0, 0.1) is 6.92 Å². The fraction of sp³-hybridized carbons (Fsp3) is 0.357. The smallest absolute Gasteiger partial charge is 0.331 e. The molecule has 0 saturated carbocycles. The molecule has 6 nitrogen and oxygen atoms in total. The summed E-state index contributed by atoms with van der Waals surface area (Å²) in [4.78, 5) is 19.6. The molecule has 0 amide bonds. The van der Waals surface area contributed by atoms with E-state index in [1.807, 2.05) is 49.7 Å². The molecule has 3 heterocycles. The van der Waals surface area contributed by atoms with E-state index >= 15 is 0 Å². The van der Waals surface area contributed by atoms with Crippen molar-refractivity contribution in [3.63, 3.8) is 0 Å². The maximum absolute atomic E-state index is 11.8.